The van der Waals surface area contributed by atoms with Gasteiger partial charge in [-0.3, -0.25) is 0 Å². The predicted octanol–water partition coefficient (Wildman–Crippen LogP) is 1.60. The Morgan fingerprint density at radius 3 is 2.60 bits per heavy atom. The fourth-order valence-corrected chi connectivity index (χ4v) is 2.64. The Morgan fingerprint density at radius 2 is 2.10 bits per heavy atom. The Morgan fingerprint density at radius 1 is 1.40 bits per heavy atom. The van der Waals surface area contributed by atoms with Crippen molar-refractivity contribution in [1.29, 1.82) is 0 Å². The van der Waals surface area contributed by atoms with Crippen molar-refractivity contribution >= 4 is 16.0 Å². The summed E-state index contributed by atoms with van der Waals surface area (Å²) in [7, 11) is -3.92. The van der Waals surface area contributed by atoms with Crippen molar-refractivity contribution in [3.63, 3.8) is 0 Å². The van der Waals surface area contributed by atoms with E-state index in [1.54, 1.807) is 0 Å². The Hall–Kier alpha value is -1.60. The number of carbonyl (C=O) groups is 1. The van der Waals surface area contributed by atoms with Crippen LogP contribution >= 0.6 is 0 Å². The third-order valence-electron chi connectivity index (χ3n) is 3.52. The lowest BCUT2D eigenvalue weighted by Crippen LogP contribution is -2.16. The molecule has 1 fully saturated rings. The molecular weight excluding hydrogens is 282 g/mol. The van der Waals surface area contributed by atoms with Crippen LogP contribution in [-0.4, -0.2) is 26.1 Å². The minimum Gasteiger partial charge on any atom is -0.493 e. The number of benzene rings is 1. The van der Waals surface area contributed by atoms with Gasteiger partial charge in [-0.25, -0.2) is 18.4 Å². The largest absolute Gasteiger partial charge is 0.493 e. The summed E-state index contributed by atoms with van der Waals surface area (Å²) in [5.74, 6) is -0.412. The zero-order valence-electron chi connectivity index (χ0n) is 10.9. The fraction of sp³-hybridized carbons (Fsp3) is 0.462. The maximum absolute atomic E-state index is 11.2. The van der Waals surface area contributed by atoms with Gasteiger partial charge in [0.2, 0.25) is 10.0 Å². The maximum Gasteiger partial charge on any atom is 0.339 e. The van der Waals surface area contributed by atoms with Crippen LogP contribution in [0.1, 0.15) is 36.0 Å². The van der Waals surface area contributed by atoms with Crippen LogP contribution in [-0.2, 0) is 10.0 Å². The maximum atomic E-state index is 11.2. The predicted molar refractivity (Wildman–Crippen MR) is 72.2 cm³/mol. The molecule has 0 spiro atoms. The minimum absolute atomic E-state index is 0.171. The van der Waals surface area contributed by atoms with E-state index in [2.05, 4.69) is 0 Å². The monoisotopic (exact) mass is 299 g/mol. The molecule has 1 aliphatic rings. The van der Waals surface area contributed by atoms with E-state index >= 15 is 0 Å². The zero-order chi connectivity index (χ0) is 14.8. The lowest BCUT2D eigenvalue weighted by Gasteiger charge is -2.25. The summed E-state index contributed by atoms with van der Waals surface area (Å²) in [6.45, 7) is 0.430. The molecule has 3 N–H and O–H groups in total. The molecular formula is C13H17NO5S. The van der Waals surface area contributed by atoms with E-state index in [-0.39, 0.29) is 16.2 Å². The third-order valence-corrected chi connectivity index (χ3v) is 4.43. The second kappa shape index (κ2) is 5.80. The van der Waals surface area contributed by atoms with Gasteiger partial charge < -0.3 is 9.84 Å². The second-order valence-electron chi connectivity index (χ2n) is 4.94. The molecule has 0 bridgehead atoms. The van der Waals surface area contributed by atoms with Crippen LogP contribution < -0.4 is 9.88 Å². The number of rotatable bonds is 6. The quantitative estimate of drug-likeness (QED) is 0.829. The van der Waals surface area contributed by atoms with Gasteiger partial charge in [-0.05, 0) is 30.5 Å². The van der Waals surface area contributed by atoms with E-state index < -0.39 is 16.0 Å². The highest BCUT2D eigenvalue weighted by Crippen LogP contribution is 2.30. The highest BCUT2D eigenvalue weighted by molar-refractivity contribution is 7.89. The first-order valence-electron chi connectivity index (χ1n) is 6.41. The molecule has 1 aliphatic carbocycles. The molecule has 0 saturated heterocycles. The number of hydrogen-bond acceptors (Lipinski definition) is 4. The smallest absolute Gasteiger partial charge is 0.339 e. The standard InChI is InChI=1S/C13H17NO5S/c14-20(17,18)10-4-5-12(11(8-10)13(15)16)19-7-6-9-2-1-3-9/h4-5,8-9H,1-3,6-7H2,(H,15,16)(H2,14,17,18). The van der Waals surface area contributed by atoms with Crippen molar-refractivity contribution in [2.24, 2.45) is 11.1 Å². The molecule has 0 atom stereocenters. The lowest BCUT2D eigenvalue weighted by molar-refractivity contribution is 0.0691. The average molecular weight is 299 g/mol. The van der Waals surface area contributed by atoms with Gasteiger partial charge in [-0.2, -0.15) is 0 Å². The number of hydrogen-bond donors (Lipinski definition) is 2. The number of sulfonamides is 1. The molecule has 0 aliphatic heterocycles. The summed E-state index contributed by atoms with van der Waals surface area (Å²) in [6, 6.07) is 3.61. The molecule has 7 heteroatoms. The lowest BCUT2D eigenvalue weighted by atomic mass is 9.83. The molecule has 0 radical (unpaired) electrons. The van der Waals surface area contributed by atoms with Crippen LogP contribution in [0.5, 0.6) is 5.75 Å². The van der Waals surface area contributed by atoms with Gasteiger partial charge in [0.05, 0.1) is 11.5 Å². The SMILES string of the molecule is NS(=O)(=O)c1ccc(OCCC2CCC2)c(C(=O)O)c1. The van der Waals surface area contributed by atoms with Crippen LogP contribution in [0.4, 0.5) is 0 Å². The second-order valence-corrected chi connectivity index (χ2v) is 6.50. The van der Waals surface area contributed by atoms with E-state index in [1.165, 1.54) is 31.4 Å². The van der Waals surface area contributed by atoms with Crippen molar-refractivity contribution in [3.05, 3.63) is 23.8 Å². The molecule has 1 aromatic rings. The molecule has 0 amide bonds. The number of nitrogens with two attached hydrogens (primary N) is 1. The van der Waals surface area contributed by atoms with Crippen molar-refractivity contribution in [2.45, 2.75) is 30.6 Å². The van der Waals surface area contributed by atoms with Crippen LogP contribution in [0.15, 0.2) is 23.1 Å². The van der Waals surface area contributed by atoms with Crippen LogP contribution in [0.25, 0.3) is 0 Å². The molecule has 1 aromatic carbocycles. The highest BCUT2D eigenvalue weighted by Gasteiger charge is 2.19. The first kappa shape index (κ1) is 14.8. The topological polar surface area (TPSA) is 107 Å². The van der Waals surface area contributed by atoms with Crippen LogP contribution in [0, 0.1) is 5.92 Å². The first-order valence-corrected chi connectivity index (χ1v) is 7.95. The van der Waals surface area contributed by atoms with Gasteiger partial charge in [0.15, 0.2) is 0 Å². The Balaban J connectivity index is 2.12. The fourth-order valence-electron chi connectivity index (χ4n) is 2.10. The van der Waals surface area contributed by atoms with Gasteiger partial charge in [0.1, 0.15) is 11.3 Å². The first-order chi connectivity index (χ1) is 9.38. The van der Waals surface area contributed by atoms with Crippen molar-refractivity contribution in [1.82, 2.24) is 0 Å². The zero-order valence-corrected chi connectivity index (χ0v) is 11.7. The number of ether oxygens (including phenoxy) is 1. The van der Waals surface area contributed by atoms with Gasteiger partial charge in [0.25, 0.3) is 0 Å². The average Bonchev–Trinajstić information content (AvgIpc) is 2.31. The summed E-state index contributed by atoms with van der Waals surface area (Å²) in [6.07, 6.45) is 4.52. The van der Waals surface area contributed by atoms with E-state index in [0.29, 0.717) is 12.5 Å². The summed E-state index contributed by atoms with van der Waals surface area (Å²) >= 11 is 0. The van der Waals surface area contributed by atoms with E-state index in [4.69, 9.17) is 15.0 Å². The van der Waals surface area contributed by atoms with E-state index in [1.807, 2.05) is 0 Å². The van der Waals surface area contributed by atoms with Crippen molar-refractivity contribution < 1.29 is 23.1 Å². The Labute approximate surface area is 117 Å². The number of carboxylic acid groups (broad SMARTS) is 1. The molecule has 6 nitrogen and oxygen atoms in total. The summed E-state index contributed by atoms with van der Waals surface area (Å²) < 4.78 is 27.9. The van der Waals surface area contributed by atoms with E-state index in [9.17, 15) is 13.2 Å². The third kappa shape index (κ3) is 3.49. The minimum atomic E-state index is -3.92. The highest BCUT2D eigenvalue weighted by atomic mass is 32.2. The number of aromatic carboxylic acids is 1. The molecule has 1 saturated carbocycles. The van der Waals surface area contributed by atoms with Crippen molar-refractivity contribution in [3.8, 4) is 5.75 Å². The Bertz CT molecular complexity index is 607. The summed E-state index contributed by atoms with van der Waals surface area (Å²) in [5.41, 5.74) is -0.190. The van der Waals surface area contributed by atoms with Gasteiger partial charge >= 0.3 is 5.97 Å². The number of carboxylic acids is 1. The van der Waals surface area contributed by atoms with Crippen LogP contribution in [0.2, 0.25) is 0 Å². The molecule has 20 heavy (non-hydrogen) atoms. The molecule has 2 rings (SSSR count). The van der Waals surface area contributed by atoms with Crippen LogP contribution in [0.3, 0.4) is 0 Å². The summed E-state index contributed by atoms with van der Waals surface area (Å²) in [4.78, 5) is 10.9. The normalized spacial score (nSPS) is 15.7. The molecule has 0 unspecified atom stereocenters. The van der Waals surface area contributed by atoms with Crippen molar-refractivity contribution in [2.75, 3.05) is 6.61 Å². The Kier molecular flexibility index (Phi) is 4.29. The van der Waals surface area contributed by atoms with Gasteiger partial charge in [0, 0.05) is 0 Å². The molecule has 110 valence electrons. The molecule has 0 heterocycles. The summed E-state index contributed by atoms with van der Waals surface area (Å²) in [5, 5.41) is 14.1. The van der Waals surface area contributed by atoms with Gasteiger partial charge in [-0.15, -0.1) is 0 Å². The molecule has 0 aromatic heterocycles. The van der Waals surface area contributed by atoms with E-state index in [0.717, 1.165) is 12.5 Å². The van der Waals surface area contributed by atoms with Gasteiger partial charge in [-0.1, -0.05) is 19.3 Å². The number of primary sulfonamides is 1.